The highest BCUT2D eigenvalue weighted by Gasteiger charge is 2.28. The molecule has 0 aromatic heterocycles. The molecule has 1 aliphatic carbocycles. The van der Waals surface area contributed by atoms with Crippen LogP contribution in [0.2, 0.25) is 0 Å². The highest BCUT2D eigenvalue weighted by atomic mass is 32.2. The van der Waals surface area contributed by atoms with Crippen LogP contribution in [0.25, 0.3) is 0 Å². The summed E-state index contributed by atoms with van der Waals surface area (Å²) >= 11 is 0. The molecule has 6 heteroatoms. The van der Waals surface area contributed by atoms with Gasteiger partial charge in [-0.25, -0.2) is 0 Å². The lowest BCUT2D eigenvalue weighted by atomic mass is 10.1. The number of rotatable bonds is 4. The molecule has 1 saturated carbocycles. The van der Waals surface area contributed by atoms with Gasteiger partial charge in [0.25, 0.3) is 10.0 Å². The molecule has 1 saturated heterocycles. The summed E-state index contributed by atoms with van der Waals surface area (Å²) in [5, 5.41) is 0. The van der Waals surface area contributed by atoms with Gasteiger partial charge in [-0.3, -0.25) is 0 Å². The van der Waals surface area contributed by atoms with Gasteiger partial charge in [0.1, 0.15) is 5.84 Å². The Morgan fingerprint density at radius 1 is 1.19 bits per heavy atom. The number of nitrogens with two attached hydrogens (primary N) is 1. The molecule has 1 aromatic carbocycles. The third-order valence-corrected chi connectivity index (χ3v) is 5.34. The van der Waals surface area contributed by atoms with E-state index >= 15 is 0 Å². The first-order chi connectivity index (χ1) is 10.0. The monoisotopic (exact) mass is 307 g/mol. The average Bonchev–Trinajstić information content (AvgIpc) is 3.25. The summed E-state index contributed by atoms with van der Waals surface area (Å²) in [6.45, 7) is 1.88. The van der Waals surface area contributed by atoms with Crippen molar-refractivity contribution in [2.24, 2.45) is 10.3 Å². The summed E-state index contributed by atoms with van der Waals surface area (Å²) in [6.07, 6.45) is 5.40. The fourth-order valence-electron chi connectivity index (χ4n) is 2.62. The lowest BCUT2D eigenvalue weighted by Crippen LogP contribution is -2.37. The van der Waals surface area contributed by atoms with E-state index < -0.39 is 10.0 Å². The summed E-state index contributed by atoms with van der Waals surface area (Å²) < 4.78 is 28.9. The van der Waals surface area contributed by atoms with E-state index in [1.54, 1.807) is 12.1 Å². The van der Waals surface area contributed by atoms with Crippen LogP contribution in [0.1, 0.15) is 32.1 Å². The molecule has 2 aliphatic rings. The smallest absolute Gasteiger partial charge is 0.283 e. The van der Waals surface area contributed by atoms with Crippen LogP contribution in [0.15, 0.2) is 33.6 Å². The van der Waals surface area contributed by atoms with Crippen LogP contribution in [0.4, 0.5) is 5.69 Å². The largest absolute Gasteiger partial charge is 0.399 e. The Morgan fingerprint density at radius 3 is 2.57 bits per heavy atom. The number of benzene rings is 1. The second-order valence-corrected chi connectivity index (χ2v) is 7.50. The molecular weight excluding hydrogens is 286 g/mol. The fraction of sp³-hybridized carbons (Fsp3) is 0.533. The number of likely N-dealkylation sites (tertiary alicyclic amines) is 1. The van der Waals surface area contributed by atoms with E-state index in [9.17, 15) is 8.42 Å². The molecule has 3 rings (SSSR count). The number of nitrogens with zero attached hydrogens (tertiary/aromatic N) is 2. The van der Waals surface area contributed by atoms with Crippen molar-refractivity contribution in [3.8, 4) is 0 Å². The molecule has 0 amide bonds. The van der Waals surface area contributed by atoms with E-state index in [1.807, 2.05) is 0 Å². The maximum Gasteiger partial charge on any atom is 0.283 e. The summed E-state index contributed by atoms with van der Waals surface area (Å²) in [5.41, 5.74) is 6.15. The number of sulfonamides is 1. The van der Waals surface area contributed by atoms with Gasteiger partial charge < -0.3 is 10.6 Å². The van der Waals surface area contributed by atoms with Gasteiger partial charge in [0.05, 0.1) is 4.90 Å². The number of anilines is 1. The van der Waals surface area contributed by atoms with E-state index in [0.29, 0.717) is 5.69 Å². The minimum Gasteiger partial charge on any atom is -0.399 e. The highest BCUT2D eigenvalue weighted by Crippen LogP contribution is 2.31. The molecule has 0 atom stereocenters. The van der Waals surface area contributed by atoms with Gasteiger partial charge in [-0.1, -0.05) is 0 Å². The minimum absolute atomic E-state index is 0.209. The van der Waals surface area contributed by atoms with Crippen molar-refractivity contribution in [1.82, 2.24) is 4.90 Å². The van der Waals surface area contributed by atoms with E-state index in [1.165, 1.54) is 25.0 Å². The maximum absolute atomic E-state index is 12.4. The summed E-state index contributed by atoms with van der Waals surface area (Å²) in [7, 11) is -3.63. The number of hydrogen-bond acceptors (Lipinski definition) is 3. The number of nitrogen functional groups attached to an aromatic ring is 1. The summed E-state index contributed by atoms with van der Waals surface area (Å²) in [4.78, 5) is 2.37. The van der Waals surface area contributed by atoms with Crippen LogP contribution in [0, 0.1) is 5.92 Å². The first-order valence-electron chi connectivity index (χ1n) is 7.49. The molecule has 0 unspecified atom stereocenters. The zero-order valence-electron chi connectivity index (χ0n) is 12.0. The van der Waals surface area contributed by atoms with E-state index in [0.717, 1.165) is 44.1 Å². The van der Waals surface area contributed by atoms with Gasteiger partial charge in [0.2, 0.25) is 0 Å². The number of hydrogen-bond donors (Lipinski definition) is 1. The second-order valence-electron chi connectivity index (χ2n) is 5.90. The normalized spacial score (nSPS) is 21.7. The fourth-order valence-corrected chi connectivity index (χ4v) is 3.69. The molecule has 5 nitrogen and oxygen atoms in total. The SMILES string of the molecule is Nc1ccc(S(=O)(=O)/N=C2\CCCCN2CC2CC2)cc1. The zero-order valence-corrected chi connectivity index (χ0v) is 12.8. The van der Waals surface area contributed by atoms with Gasteiger partial charge in [-0.15, -0.1) is 4.40 Å². The predicted octanol–water partition coefficient (Wildman–Crippen LogP) is 2.25. The van der Waals surface area contributed by atoms with Crippen LogP contribution in [-0.2, 0) is 10.0 Å². The third-order valence-electron chi connectivity index (χ3n) is 4.02. The Balaban J connectivity index is 1.84. The molecule has 1 aromatic rings. The Labute approximate surface area is 125 Å². The van der Waals surface area contributed by atoms with Crippen LogP contribution >= 0.6 is 0 Å². The molecule has 0 radical (unpaired) electrons. The van der Waals surface area contributed by atoms with Crippen LogP contribution in [0.5, 0.6) is 0 Å². The van der Waals surface area contributed by atoms with Crippen molar-refractivity contribution in [3.63, 3.8) is 0 Å². The highest BCUT2D eigenvalue weighted by molar-refractivity contribution is 7.90. The Kier molecular flexibility index (Phi) is 3.89. The van der Waals surface area contributed by atoms with Crippen LogP contribution in [0.3, 0.4) is 0 Å². The topological polar surface area (TPSA) is 75.8 Å². The van der Waals surface area contributed by atoms with E-state index in [4.69, 9.17) is 5.73 Å². The summed E-state index contributed by atoms with van der Waals surface area (Å²) in [6, 6.07) is 6.22. The third kappa shape index (κ3) is 3.56. The van der Waals surface area contributed by atoms with Crippen molar-refractivity contribution >= 4 is 21.5 Å². The molecule has 1 heterocycles. The quantitative estimate of drug-likeness (QED) is 0.866. The second kappa shape index (κ2) is 5.67. The van der Waals surface area contributed by atoms with Crippen molar-refractivity contribution < 1.29 is 8.42 Å². The van der Waals surface area contributed by atoms with Gasteiger partial charge in [-0.2, -0.15) is 8.42 Å². The molecular formula is C15H21N3O2S. The standard InChI is InChI=1S/C15H21N3O2S/c16-13-6-8-14(9-7-13)21(19,20)17-15-3-1-2-10-18(15)11-12-4-5-12/h6-9,12H,1-5,10-11,16H2/b17-15+. The minimum atomic E-state index is -3.63. The first kappa shape index (κ1) is 14.4. The zero-order chi connectivity index (χ0) is 14.9. The van der Waals surface area contributed by atoms with Crippen molar-refractivity contribution in [2.45, 2.75) is 37.0 Å². The maximum atomic E-state index is 12.4. The van der Waals surface area contributed by atoms with Gasteiger partial charge in [0.15, 0.2) is 0 Å². The van der Waals surface area contributed by atoms with Crippen LogP contribution < -0.4 is 5.73 Å². The molecule has 0 spiro atoms. The molecule has 0 bridgehead atoms. The number of amidine groups is 1. The van der Waals surface area contributed by atoms with Gasteiger partial charge in [0, 0.05) is 25.2 Å². The van der Waals surface area contributed by atoms with Gasteiger partial charge >= 0.3 is 0 Å². The van der Waals surface area contributed by atoms with E-state index in [-0.39, 0.29) is 4.90 Å². The molecule has 114 valence electrons. The Hall–Kier alpha value is -1.56. The summed E-state index contributed by atoms with van der Waals surface area (Å²) in [5.74, 6) is 1.46. The molecule has 2 N–H and O–H groups in total. The molecule has 2 fully saturated rings. The van der Waals surface area contributed by atoms with Crippen molar-refractivity contribution in [2.75, 3.05) is 18.8 Å². The number of piperidine rings is 1. The molecule has 1 aliphatic heterocycles. The molecule has 21 heavy (non-hydrogen) atoms. The predicted molar refractivity (Wildman–Crippen MR) is 83.6 cm³/mol. The lowest BCUT2D eigenvalue weighted by molar-refractivity contribution is 0.356. The first-order valence-corrected chi connectivity index (χ1v) is 8.93. The Morgan fingerprint density at radius 2 is 1.90 bits per heavy atom. The average molecular weight is 307 g/mol. The van der Waals surface area contributed by atoms with Gasteiger partial charge in [-0.05, 0) is 55.9 Å². The van der Waals surface area contributed by atoms with Crippen molar-refractivity contribution in [1.29, 1.82) is 0 Å². The Bertz CT molecular complexity index is 633. The van der Waals surface area contributed by atoms with Crippen molar-refractivity contribution in [3.05, 3.63) is 24.3 Å². The van der Waals surface area contributed by atoms with E-state index in [2.05, 4.69) is 9.30 Å². The lowest BCUT2D eigenvalue weighted by Gasteiger charge is -2.30. The van der Waals surface area contributed by atoms with Crippen LogP contribution in [-0.4, -0.2) is 32.2 Å².